The molecule has 0 aliphatic heterocycles. The van der Waals surface area contributed by atoms with Crippen molar-refractivity contribution < 1.29 is 32.5 Å². The van der Waals surface area contributed by atoms with Crippen molar-refractivity contribution in [2.24, 2.45) is 0 Å². The molecule has 0 unspecified atom stereocenters. The maximum atomic E-state index is 12.2. The topological polar surface area (TPSA) is 79.6 Å². The van der Waals surface area contributed by atoms with Crippen molar-refractivity contribution >= 4 is 5.97 Å². The van der Waals surface area contributed by atoms with Crippen LogP contribution < -0.4 is 4.74 Å². The number of phenolic OH excluding ortho intramolecular Hbond substituents is 1. The Morgan fingerprint density at radius 1 is 1.47 bits per heavy atom. The number of nitrogens with zero attached hydrogens (tertiary/aromatic N) is 1. The first-order valence-electron chi connectivity index (χ1n) is 4.99. The minimum Gasteiger partial charge on any atom is -0.504 e. The molecule has 1 aromatic rings. The fourth-order valence-electron chi connectivity index (χ4n) is 1.25. The maximum absolute atomic E-state index is 12.2. The van der Waals surface area contributed by atoms with Crippen molar-refractivity contribution in [2.45, 2.75) is 13.3 Å². The molecule has 102 valence electrons. The molecule has 19 heavy (non-hydrogen) atoms. The lowest BCUT2D eigenvalue weighted by molar-refractivity contribution is -0.275. The third kappa shape index (κ3) is 3.51. The number of hydrogen-bond acceptors (Lipinski definition) is 5. The van der Waals surface area contributed by atoms with Crippen LogP contribution in [0.3, 0.4) is 0 Å². The molecule has 0 aliphatic rings. The van der Waals surface area contributed by atoms with E-state index in [2.05, 4.69) is 9.47 Å². The molecular formula is C11H8F3NO4. The van der Waals surface area contributed by atoms with Crippen LogP contribution in [0.25, 0.3) is 0 Å². The fraction of sp³-hybridized carbons (Fsp3) is 0.273. The molecule has 0 spiro atoms. The second-order valence-electron chi connectivity index (χ2n) is 3.22. The van der Waals surface area contributed by atoms with Crippen LogP contribution in [-0.4, -0.2) is 24.0 Å². The number of benzene rings is 1. The molecule has 0 heterocycles. The van der Waals surface area contributed by atoms with E-state index in [9.17, 15) is 23.1 Å². The van der Waals surface area contributed by atoms with E-state index in [0.29, 0.717) is 0 Å². The molecule has 0 atom stereocenters. The molecule has 1 rings (SSSR count). The highest BCUT2D eigenvalue weighted by Crippen LogP contribution is 2.37. The van der Waals surface area contributed by atoms with E-state index in [1.807, 2.05) is 0 Å². The standard InChI is InChI=1S/C11H8F3NO4/c1-2-18-10(17)7-4-3-6(5-15)9(8(7)16)19-11(12,13)14/h3-4,16H,2H2,1H3. The molecule has 1 aromatic carbocycles. The summed E-state index contributed by atoms with van der Waals surface area (Å²) in [5.41, 5.74) is -1.07. The van der Waals surface area contributed by atoms with Crippen molar-refractivity contribution in [3.05, 3.63) is 23.3 Å². The first-order valence-corrected chi connectivity index (χ1v) is 4.99. The second-order valence-corrected chi connectivity index (χ2v) is 3.22. The van der Waals surface area contributed by atoms with E-state index >= 15 is 0 Å². The van der Waals surface area contributed by atoms with Crippen molar-refractivity contribution in [1.29, 1.82) is 5.26 Å². The van der Waals surface area contributed by atoms with Crippen molar-refractivity contribution in [3.63, 3.8) is 0 Å². The molecule has 0 aromatic heterocycles. The third-order valence-electron chi connectivity index (χ3n) is 1.97. The van der Waals surface area contributed by atoms with Gasteiger partial charge in [0.05, 0.1) is 12.2 Å². The monoisotopic (exact) mass is 275 g/mol. The minimum absolute atomic E-state index is 0.0201. The van der Waals surface area contributed by atoms with Gasteiger partial charge in [-0.1, -0.05) is 0 Å². The van der Waals surface area contributed by atoms with Gasteiger partial charge in [-0.25, -0.2) is 4.79 Å². The smallest absolute Gasteiger partial charge is 0.504 e. The molecule has 0 bridgehead atoms. The minimum atomic E-state index is -5.10. The number of halogens is 3. The zero-order valence-electron chi connectivity index (χ0n) is 9.61. The lowest BCUT2D eigenvalue weighted by Crippen LogP contribution is -2.18. The zero-order chi connectivity index (χ0) is 14.6. The number of alkyl halides is 3. The average molecular weight is 275 g/mol. The summed E-state index contributed by atoms with van der Waals surface area (Å²) in [5, 5.41) is 18.2. The maximum Gasteiger partial charge on any atom is 0.573 e. The predicted octanol–water partition coefficient (Wildman–Crippen LogP) is 2.34. The number of ether oxygens (including phenoxy) is 2. The summed E-state index contributed by atoms with van der Waals surface area (Å²) in [6.45, 7) is 1.47. The predicted molar refractivity (Wildman–Crippen MR) is 55.5 cm³/mol. The number of aromatic hydroxyl groups is 1. The molecule has 0 radical (unpaired) electrons. The van der Waals surface area contributed by atoms with Gasteiger partial charge in [0.25, 0.3) is 0 Å². The van der Waals surface area contributed by atoms with Crippen molar-refractivity contribution in [1.82, 2.24) is 0 Å². The Labute approximate surface area is 105 Å². The fourth-order valence-corrected chi connectivity index (χ4v) is 1.25. The largest absolute Gasteiger partial charge is 0.573 e. The van der Waals surface area contributed by atoms with Gasteiger partial charge in [0.2, 0.25) is 0 Å². The number of phenols is 1. The molecular weight excluding hydrogens is 267 g/mol. The molecule has 0 saturated carbocycles. The van der Waals surface area contributed by atoms with Gasteiger partial charge in [0.15, 0.2) is 11.5 Å². The van der Waals surface area contributed by atoms with Crippen molar-refractivity contribution in [3.8, 4) is 17.6 Å². The Morgan fingerprint density at radius 3 is 2.58 bits per heavy atom. The number of rotatable bonds is 3. The summed E-state index contributed by atoms with van der Waals surface area (Å²) < 4.78 is 44.6. The van der Waals surface area contributed by atoms with Crippen LogP contribution in [0, 0.1) is 11.3 Å². The van der Waals surface area contributed by atoms with Gasteiger partial charge < -0.3 is 14.6 Å². The zero-order valence-corrected chi connectivity index (χ0v) is 9.61. The lowest BCUT2D eigenvalue weighted by atomic mass is 10.1. The summed E-state index contributed by atoms with van der Waals surface area (Å²) in [5.74, 6) is -3.23. The SMILES string of the molecule is CCOC(=O)c1ccc(C#N)c(OC(F)(F)F)c1O. The van der Waals surface area contributed by atoms with E-state index in [1.54, 1.807) is 0 Å². The Bertz CT molecular complexity index is 534. The van der Waals surface area contributed by atoms with Gasteiger partial charge in [-0.05, 0) is 19.1 Å². The van der Waals surface area contributed by atoms with Crippen LogP contribution >= 0.6 is 0 Å². The summed E-state index contributed by atoms with van der Waals surface area (Å²) in [7, 11) is 0. The summed E-state index contributed by atoms with van der Waals surface area (Å²) in [4.78, 5) is 11.4. The number of hydrogen-bond donors (Lipinski definition) is 1. The van der Waals surface area contributed by atoms with Crippen LogP contribution in [-0.2, 0) is 4.74 Å². The van der Waals surface area contributed by atoms with Crippen LogP contribution in [0.2, 0.25) is 0 Å². The average Bonchev–Trinajstić information content (AvgIpc) is 2.30. The van der Waals surface area contributed by atoms with E-state index in [4.69, 9.17) is 5.26 Å². The molecule has 0 saturated heterocycles. The molecule has 1 N–H and O–H groups in total. The number of carbonyl (C=O) groups excluding carboxylic acids is 1. The van der Waals surface area contributed by atoms with Gasteiger partial charge in [0.1, 0.15) is 11.6 Å². The van der Waals surface area contributed by atoms with Gasteiger partial charge in [-0.15, -0.1) is 13.2 Å². The molecule has 8 heteroatoms. The Hall–Kier alpha value is -2.43. The van der Waals surface area contributed by atoms with Gasteiger partial charge in [-0.2, -0.15) is 5.26 Å². The van der Waals surface area contributed by atoms with Crippen LogP contribution in [0.4, 0.5) is 13.2 Å². The summed E-state index contributed by atoms with van der Waals surface area (Å²) in [6.07, 6.45) is -5.10. The number of nitriles is 1. The van der Waals surface area contributed by atoms with E-state index < -0.39 is 35.0 Å². The number of carbonyl (C=O) groups is 1. The normalized spacial score (nSPS) is 10.7. The third-order valence-corrected chi connectivity index (χ3v) is 1.97. The Balaban J connectivity index is 3.31. The molecule has 0 fully saturated rings. The molecule has 0 aliphatic carbocycles. The highest BCUT2D eigenvalue weighted by Gasteiger charge is 2.35. The summed E-state index contributed by atoms with van der Waals surface area (Å²) >= 11 is 0. The van der Waals surface area contributed by atoms with Crippen LogP contribution in [0.1, 0.15) is 22.8 Å². The highest BCUT2D eigenvalue weighted by molar-refractivity contribution is 5.93. The Kier molecular flexibility index (Phi) is 4.22. The number of esters is 1. The first-order chi connectivity index (χ1) is 8.80. The van der Waals surface area contributed by atoms with Gasteiger partial charge in [-0.3, -0.25) is 0 Å². The quantitative estimate of drug-likeness (QED) is 0.856. The molecule has 0 amide bonds. The van der Waals surface area contributed by atoms with Crippen LogP contribution in [0.15, 0.2) is 12.1 Å². The van der Waals surface area contributed by atoms with Crippen LogP contribution in [0.5, 0.6) is 11.5 Å². The van der Waals surface area contributed by atoms with Gasteiger partial charge >= 0.3 is 12.3 Å². The van der Waals surface area contributed by atoms with E-state index in [1.165, 1.54) is 13.0 Å². The van der Waals surface area contributed by atoms with Crippen molar-refractivity contribution in [2.75, 3.05) is 6.61 Å². The first kappa shape index (κ1) is 14.6. The van der Waals surface area contributed by atoms with E-state index in [-0.39, 0.29) is 6.61 Å². The lowest BCUT2D eigenvalue weighted by Gasteiger charge is -2.13. The second kappa shape index (κ2) is 5.48. The molecule has 5 nitrogen and oxygen atoms in total. The van der Waals surface area contributed by atoms with E-state index in [0.717, 1.165) is 12.1 Å². The summed E-state index contributed by atoms with van der Waals surface area (Å²) in [6, 6.07) is 3.32. The Morgan fingerprint density at radius 2 is 2.11 bits per heavy atom. The highest BCUT2D eigenvalue weighted by atomic mass is 19.4. The van der Waals surface area contributed by atoms with Gasteiger partial charge in [0, 0.05) is 0 Å².